The van der Waals surface area contributed by atoms with Crippen molar-refractivity contribution in [1.29, 1.82) is 0 Å². The minimum Gasteiger partial charge on any atom is -0.507 e. The van der Waals surface area contributed by atoms with Gasteiger partial charge in [-0.25, -0.2) is 0 Å². The van der Waals surface area contributed by atoms with Crippen molar-refractivity contribution in [3.8, 4) is 28.4 Å². The zero-order valence-corrected chi connectivity index (χ0v) is 18.9. The monoisotopic (exact) mass is 482 g/mol. The largest absolute Gasteiger partial charge is 0.507 e. The molecule has 2 aromatic heterocycles. The van der Waals surface area contributed by atoms with E-state index in [1.54, 1.807) is 42.5 Å². The molecular formula is C28H18O8. The van der Waals surface area contributed by atoms with E-state index in [1.165, 1.54) is 25.7 Å². The first kappa shape index (κ1) is 21.7. The van der Waals surface area contributed by atoms with Crippen molar-refractivity contribution in [2.75, 3.05) is 7.11 Å². The van der Waals surface area contributed by atoms with E-state index in [9.17, 15) is 19.5 Å². The van der Waals surface area contributed by atoms with Crippen LogP contribution in [-0.4, -0.2) is 18.2 Å². The van der Waals surface area contributed by atoms with Crippen LogP contribution >= 0.6 is 0 Å². The van der Waals surface area contributed by atoms with Crippen LogP contribution < -0.4 is 20.3 Å². The van der Waals surface area contributed by atoms with E-state index in [1.807, 2.05) is 6.07 Å². The van der Waals surface area contributed by atoms with E-state index in [0.29, 0.717) is 22.5 Å². The van der Waals surface area contributed by atoms with Gasteiger partial charge in [-0.3, -0.25) is 14.4 Å². The van der Waals surface area contributed by atoms with E-state index in [4.69, 9.17) is 18.3 Å². The first-order valence-corrected chi connectivity index (χ1v) is 11.1. The lowest BCUT2D eigenvalue weighted by Crippen LogP contribution is -2.25. The Morgan fingerprint density at radius 1 is 0.944 bits per heavy atom. The van der Waals surface area contributed by atoms with Crippen molar-refractivity contribution >= 4 is 27.9 Å². The molecule has 8 nitrogen and oxygen atoms in total. The quantitative estimate of drug-likeness (QED) is 0.290. The minimum atomic E-state index is -0.832. The molecule has 178 valence electrons. The number of carbonyl (C=O) groups excluding carboxylic acids is 1. The normalized spacial score (nSPS) is 15.0. The summed E-state index contributed by atoms with van der Waals surface area (Å²) in [7, 11) is 1.49. The molecule has 3 aromatic carbocycles. The topological polar surface area (TPSA) is 116 Å². The Kier molecular flexibility index (Phi) is 4.89. The van der Waals surface area contributed by atoms with Crippen LogP contribution in [0, 0.1) is 0 Å². The number of phenols is 1. The van der Waals surface area contributed by atoms with Gasteiger partial charge in [-0.2, -0.15) is 0 Å². The number of fused-ring (bicyclic) bond motifs is 4. The number of methoxy groups -OCH3 is 1. The lowest BCUT2D eigenvalue weighted by molar-refractivity contribution is -0.135. The number of esters is 1. The van der Waals surface area contributed by atoms with Crippen molar-refractivity contribution in [2.24, 2.45) is 0 Å². The number of phenolic OH excluding ortho intramolecular Hbond substituents is 1. The van der Waals surface area contributed by atoms with Gasteiger partial charge in [0.1, 0.15) is 40.1 Å². The van der Waals surface area contributed by atoms with Gasteiger partial charge in [-0.15, -0.1) is 0 Å². The fourth-order valence-electron chi connectivity index (χ4n) is 4.71. The molecule has 0 amide bonds. The number of hydrogen-bond donors (Lipinski definition) is 1. The maximum Gasteiger partial charge on any atom is 0.312 e. The number of rotatable bonds is 3. The predicted molar refractivity (Wildman–Crippen MR) is 131 cm³/mol. The molecule has 1 aliphatic rings. The van der Waals surface area contributed by atoms with Gasteiger partial charge in [-0.05, 0) is 23.8 Å². The summed E-state index contributed by atoms with van der Waals surface area (Å²) in [6, 6.07) is 15.0. The molecule has 0 bridgehead atoms. The summed E-state index contributed by atoms with van der Waals surface area (Å²) < 4.78 is 22.2. The molecule has 8 heteroatoms. The summed E-state index contributed by atoms with van der Waals surface area (Å²) in [5.74, 6) is -1.33. The van der Waals surface area contributed by atoms with E-state index < -0.39 is 17.3 Å². The van der Waals surface area contributed by atoms with Crippen LogP contribution in [0.5, 0.6) is 17.2 Å². The summed E-state index contributed by atoms with van der Waals surface area (Å²) in [6.45, 7) is 0. The Hall–Kier alpha value is -4.85. The van der Waals surface area contributed by atoms with E-state index in [-0.39, 0.29) is 50.8 Å². The standard InChI is InChI=1S/C28H18O8/c1-33-15-7-8-21-17(9-15)26(31)19(13-34-21)16-10-23(30)36-22-11-20(29)25-27(32)18(12-35-28(25)24(16)22)14-5-3-2-4-6-14/h2-9,11-13,16,29H,10H2,1H3/t16-/m0/s1. The van der Waals surface area contributed by atoms with Crippen LogP contribution in [0.25, 0.3) is 33.1 Å². The third kappa shape index (κ3) is 3.26. The molecule has 0 spiro atoms. The molecule has 6 rings (SSSR count). The molecule has 5 aromatic rings. The van der Waals surface area contributed by atoms with Crippen LogP contribution in [-0.2, 0) is 4.79 Å². The lowest BCUT2D eigenvalue weighted by Gasteiger charge is -2.25. The van der Waals surface area contributed by atoms with Crippen molar-refractivity contribution in [2.45, 2.75) is 12.3 Å². The van der Waals surface area contributed by atoms with Crippen LogP contribution in [0.4, 0.5) is 0 Å². The second-order valence-electron chi connectivity index (χ2n) is 8.47. The third-order valence-corrected chi connectivity index (χ3v) is 6.44. The van der Waals surface area contributed by atoms with Gasteiger partial charge in [0.25, 0.3) is 0 Å². The van der Waals surface area contributed by atoms with Gasteiger partial charge in [0.05, 0.1) is 30.7 Å². The maximum atomic E-state index is 13.5. The van der Waals surface area contributed by atoms with Gasteiger partial charge < -0.3 is 23.4 Å². The molecule has 3 heterocycles. The second-order valence-corrected chi connectivity index (χ2v) is 8.47. The Labute approximate surface area is 202 Å². The summed E-state index contributed by atoms with van der Waals surface area (Å²) in [5.41, 5.74) is 0.982. The molecule has 1 N–H and O–H groups in total. The SMILES string of the molecule is COc1ccc2occ([C@@H]3CC(=O)Oc4cc(O)c5c(=O)c(-c6ccccc6)coc5c43)c(=O)c2c1. The number of carbonyl (C=O) groups is 1. The molecule has 36 heavy (non-hydrogen) atoms. The van der Waals surface area contributed by atoms with Crippen LogP contribution in [0.1, 0.15) is 23.5 Å². The van der Waals surface area contributed by atoms with E-state index in [0.717, 1.165) is 0 Å². The molecule has 1 aliphatic heterocycles. The van der Waals surface area contributed by atoms with Crippen molar-refractivity contribution < 1.29 is 28.2 Å². The summed E-state index contributed by atoms with van der Waals surface area (Å²) in [6.07, 6.45) is 2.43. The van der Waals surface area contributed by atoms with Crippen molar-refractivity contribution in [3.63, 3.8) is 0 Å². The van der Waals surface area contributed by atoms with E-state index >= 15 is 0 Å². The fraction of sp³-hybridized carbons (Fsp3) is 0.107. The highest BCUT2D eigenvalue weighted by atomic mass is 16.5. The first-order chi connectivity index (χ1) is 17.5. The van der Waals surface area contributed by atoms with Crippen molar-refractivity contribution in [1.82, 2.24) is 0 Å². The summed E-state index contributed by atoms with van der Waals surface area (Å²) in [4.78, 5) is 39.4. The zero-order chi connectivity index (χ0) is 25.0. The smallest absolute Gasteiger partial charge is 0.312 e. The van der Waals surface area contributed by atoms with Gasteiger partial charge in [0.2, 0.25) is 5.43 Å². The molecule has 0 radical (unpaired) electrons. The maximum absolute atomic E-state index is 13.5. The second kappa shape index (κ2) is 8.13. The molecule has 0 saturated carbocycles. The third-order valence-electron chi connectivity index (χ3n) is 6.44. The lowest BCUT2D eigenvalue weighted by atomic mass is 9.85. The Morgan fingerprint density at radius 2 is 1.75 bits per heavy atom. The van der Waals surface area contributed by atoms with Crippen LogP contribution in [0.2, 0.25) is 0 Å². The van der Waals surface area contributed by atoms with Crippen molar-refractivity contribution in [3.05, 3.63) is 98.7 Å². The number of hydrogen-bond acceptors (Lipinski definition) is 8. The predicted octanol–water partition coefficient (Wildman–Crippen LogP) is 4.72. The zero-order valence-electron chi connectivity index (χ0n) is 18.9. The first-order valence-electron chi connectivity index (χ1n) is 11.1. The molecular weight excluding hydrogens is 464 g/mol. The van der Waals surface area contributed by atoms with Gasteiger partial charge in [0, 0.05) is 23.1 Å². The van der Waals surface area contributed by atoms with Gasteiger partial charge in [-0.1, -0.05) is 30.3 Å². The Morgan fingerprint density at radius 3 is 2.53 bits per heavy atom. The number of benzene rings is 3. The minimum absolute atomic E-state index is 0.0157. The number of aromatic hydroxyl groups is 1. The highest BCUT2D eigenvalue weighted by Crippen LogP contribution is 2.45. The van der Waals surface area contributed by atoms with Gasteiger partial charge >= 0.3 is 5.97 Å². The van der Waals surface area contributed by atoms with E-state index in [2.05, 4.69) is 0 Å². The number of ether oxygens (including phenoxy) is 2. The Bertz CT molecular complexity index is 1800. The average Bonchev–Trinajstić information content (AvgIpc) is 2.88. The molecule has 0 unspecified atom stereocenters. The molecule has 0 saturated heterocycles. The molecule has 0 fully saturated rings. The van der Waals surface area contributed by atoms with Crippen LogP contribution in [0.15, 0.2) is 85.5 Å². The van der Waals surface area contributed by atoms with Gasteiger partial charge in [0.15, 0.2) is 5.43 Å². The average molecular weight is 482 g/mol. The summed E-state index contributed by atoms with van der Waals surface area (Å²) in [5, 5.41) is 10.9. The molecule has 1 atom stereocenters. The Balaban J connectivity index is 1.62. The molecule has 0 aliphatic carbocycles. The fourth-order valence-corrected chi connectivity index (χ4v) is 4.71. The summed E-state index contributed by atoms with van der Waals surface area (Å²) >= 11 is 0. The van der Waals surface area contributed by atoms with Crippen LogP contribution in [0.3, 0.4) is 0 Å². The highest BCUT2D eigenvalue weighted by Gasteiger charge is 2.35. The highest BCUT2D eigenvalue weighted by molar-refractivity contribution is 5.94.